The van der Waals surface area contributed by atoms with E-state index in [1.54, 1.807) is 11.6 Å². The van der Waals surface area contributed by atoms with E-state index < -0.39 is 5.69 Å². The van der Waals surface area contributed by atoms with Crippen molar-refractivity contribution in [3.8, 4) is 0 Å². The molecule has 98 valence electrons. The van der Waals surface area contributed by atoms with E-state index in [9.17, 15) is 9.59 Å². The molecule has 1 N–H and O–H groups in total. The van der Waals surface area contributed by atoms with Crippen LogP contribution in [0.5, 0.6) is 0 Å². The summed E-state index contributed by atoms with van der Waals surface area (Å²) < 4.78 is 2.91. The van der Waals surface area contributed by atoms with Crippen molar-refractivity contribution in [1.29, 1.82) is 0 Å². The SMILES string of the molecule is Cc1cn(C)c2c(=O)n(C[C@@H](S)CS)c(=O)[nH]c12. The Balaban J connectivity index is 2.73. The van der Waals surface area contributed by atoms with E-state index in [4.69, 9.17) is 0 Å². The summed E-state index contributed by atoms with van der Waals surface area (Å²) in [4.78, 5) is 26.9. The molecule has 1 atom stereocenters. The molecule has 5 nitrogen and oxygen atoms in total. The number of thiol groups is 2. The summed E-state index contributed by atoms with van der Waals surface area (Å²) in [5.41, 5.74) is 1.30. The Kier molecular flexibility index (Phi) is 3.63. The first kappa shape index (κ1) is 13.4. The molecule has 0 fully saturated rings. The predicted molar refractivity (Wildman–Crippen MR) is 79.2 cm³/mol. The lowest BCUT2D eigenvalue weighted by Gasteiger charge is -2.09. The highest BCUT2D eigenvalue weighted by atomic mass is 32.1. The number of hydrogen-bond acceptors (Lipinski definition) is 4. The second-order valence-electron chi connectivity index (χ2n) is 4.33. The molecule has 0 saturated carbocycles. The Bertz CT molecular complexity index is 699. The highest BCUT2D eigenvalue weighted by Crippen LogP contribution is 2.12. The minimum Gasteiger partial charge on any atom is -0.345 e. The number of aryl methyl sites for hydroxylation is 2. The van der Waals surface area contributed by atoms with E-state index >= 15 is 0 Å². The van der Waals surface area contributed by atoms with Gasteiger partial charge in [-0.05, 0) is 12.5 Å². The van der Waals surface area contributed by atoms with Crippen molar-refractivity contribution in [2.24, 2.45) is 7.05 Å². The largest absolute Gasteiger partial charge is 0.345 e. The number of rotatable bonds is 3. The maximum absolute atomic E-state index is 12.3. The molecule has 0 aliphatic rings. The van der Waals surface area contributed by atoms with Gasteiger partial charge in [-0.1, -0.05) is 0 Å². The van der Waals surface area contributed by atoms with Gasteiger partial charge in [-0.3, -0.25) is 9.36 Å². The highest BCUT2D eigenvalue weighted by Gasteiger charge is 2.14. The molecule has 2 rings (SSSR count). The van der Waals surface area contributed by atoms with Crippen LogP contribution in [0.25, 0.3) is 11.0 Å². The van der Waals surface area contributed by atoms with Gasteiger partial charge < -0.3 is 9.55 Å². The summed E-state index contributed by atoms with van der Waals surface area (Å²) in [6.07, 6.45) is 1.82. The average Bonchev–Trinajstić information content (AvgIpc) is 2.59. The molecule has 18 heavy (non-hydrogen) atoms. The third kappa shape index (κ3) is 2.12. The van der Waals surface area contributed by atoms with Gasteiger partial charge in [0.25, 0.3) is 5.56 Å². The molecular formula is C11H15N3O2S2. The van der Waals surface area contributed by atoms with E-state index in [0.717, 1.165) is 5.56 Å². The monoisotopic (exact) mass is 285 g/mol. The molecule has 7 heteroatoms. The Hall–Kier alpha value is -1.08. The van der Waals surface area contributed by atoms with Gasteiger partial charge in [-0.25, -0.2) is 4.79 Å². The van der Waals surface area contributed by atoms with Crippen molar-refractivity contribution >= 4 is 36.3 Å². The summed E-state index contributed by atoms with van der Waals surface area (Å²) >= 11 is 8.37. The number of hydrogen-bond donors (Lipinski definition) is 3. The molecule has 2 heterocycles. The quantitative estimate of drug-likeness (QED) is 0.722. The van der Waals surface area contributed by atoms with Gasteiger partial charge in [-0.15, -0.1) is 0 Å². The first-order chi connectivity index (χ1) is 8.45. The second kappa shape index (κ2) is 4.89. The fraction of sp³-hybridized carbons (Fsp3) is 0.455. The number of nitrogens with one attached hydrogen (secondary N) is 1. The number of aromatic amines is 1. The topological polar surface area (TPSA) is 59.8 Å². The van der Waals surface area contributed by atoms with E-state index in [0.29, 0.717) is 16.8 Å². The van der Waals surface area contributed by atoms with Gasteiger partial charge in [-0.2, -0.15) is 25.3 Å². The van der Waals surface area contributed by atoms with Crippen molar-refractivity contribution < 1.29 is 0 Å². The third-order valence-electron chi connectivity index (χ3n) is 2.90. The summed E-state index contributed by atoms with van der Waals surface area (Å²) in [5.74, 6) is 0.499. The van der Waals surface area contributed by atoms with Gasteiger partial charge in [0.15, 0.2) is 0 Å². The van der Waals surface area contributed by atoms with Crippen LogP contribution >= 0.6 is 25.3 Å². The Morgan fingerprint density at radius 1 is 1.44 bits per heavy atom. The summed E-state index contributed by atoms with van der Waals surface area (Å²) in [5, 5.41) is -0.133. The normalized spacial score (nSPS) is 13.1. The third-order valence-corrected chi connectivity index (χ3v) is 3.97. The van der Waals surface area contributed by atoms with Crippen molar-refractivity contribution in [3.63, 3.8) is 0 Å². The number of H-pyrrole nitrogens is 1. The zero-order valence-corrected chi connectivity index (χ0v) is 12.0. The Morgan fingerprint density at radius 2 is 2.11 bits per heavy atom. The fourth-order valence-corrected chi connectivity index (χ4v) is 2.31. The predicted octanol–water partition coefficient (Wildman–Crippen LogP) is 0.565. The molecule has 0 spiro atoms. The Morgan fingerprint density at radius 3 is 2.72 bits per heavy atom. The van der Waals surface area contributed by atoms with Crippen molar-refractivity contribution in [1.82, 2.24) is 14.1 Å². The molecule has 0 unspecified atom stereocenters. The lowest BCUT2D eigenvalue weighted by molar-refractivity contribution is 0.636. The van der Waals surface area contributed by atoms with Gasteiger partial charge in [0.2, 0.25) is 0 Å². The fourth-order valence-electron chi connectivity index (χ4n) is 2.03. The van der Waals surface area contributed by atoms with Crippen LogP contribution < -0.4 is 11.2 Å². The van der Waals surface area contributed by atoms with Gasteiger partial charge in [0, 0.05) is 30.8 Å². The first-order valence-corrected chi connectivity index (χ1v) is 6.68. The molecule has 2 aromatic heterocycles. The number of fused-ring (bicyclic) bond motifs is 1. The van der Waals surface area contributed by atoms with E-state index in [2.05, 4.69) is 30.2 Å². The van der Waals surface area contributed by atoms with Crippen LogP contribution in [0.2, 0.25) is 0 Å². The molecule has 0 aliphatic heterocycles. The van der Waals surface area contributed by atoms with Crippen LogP contribution in [-0.4, -0.2) is 25.1 Å². The van der Waals surface area contributed by atoms with Crippen LogP contribution in [-0.2, 0) is 13.6 Å². The minimum atomic E-state index is -0.400. The summed E-state index contributed by atoms with van der Waals surface area (Å²) in [6, 6.07) is 0. The summed E-state index contributed by atoms with van der Waals surface area (Å²) in [6.45, 7) is 2.11. The maximum Gasteiger partial charge on any atom is 0.328 e. The Labute approximate surface area is 115 Å². The number of nitrogens with zero attached hydrogens (tertiary/aromatic N) is 2. The molecule has 0 radical (unpaired) electrons. The second-order valence-corrected chi connectivity index (χ2v) is 5.42. The molecule has 0 saturated heterocycles. The highest BCUT2D eigenvalue weighted by molar-refractivity contribution is 7.84. The van der Waals surface area contributed by atoms with Crippen molar-refractivity contribution in [3.05, 3.63) is 32.6 Å². The minimum absolute atomic E-state index is 0.133. The molecule has 2 aromatic rings. The lowest BCUT2D eigenvalue weighted by Crippen LogP contribution is -2.38. The van der Waals surface area contributed by atoms with Crippen LogP contribution in [0.1, 0.15) is 5.56 Å². The van der Waals surface area contributed by atoms with Crippen LogP contribution in [0, 0.1) is 6.92 Å². The molecule has 0 aliphatic carbocycles. The lowest BCUT2D eigenvalue weighted by atomic mass is 10.3. The van der Waals surface area contributed by atoms with Gasteiger partial charge in [0.05, 0.1) is 5.52 Å². The zero-order chi connectivity index (χ0) is 13.4. The molecular weight excluding hydrogens is 270 g/mol. The van der Waals surface area contributed by atoms with Crippen LogP contribution in [0.3, 0.4) is 0 Å². The van der Waals surface area contributed by atoms with Crippen LogP contribution in [0.15, 0.2) is 15.8 Å². The van der Waals surface area contributed by atoms with Crippen molar-refractivity contribution in [2.45, 2.75) is 18.7 Å². The summed E-state index contributed by atoms with van der Waals surface area (Å²) in [7, 11) is 1.79. The van der Waals surface area contributed by atoms with E-state index in [1.165, 1.54) is 4.57 Å². The van der Waals surface area contributed by atoms with E-state index in [1.807, 2.05) is 13.1 Å². The van der Waals surface area contributed by atoms with Crippen LogP contribution in [0.4, 0.5) is 0 Å². The van der Waals surface area contributed by atoms with E-state index in [-0.39, 0.29) is 17.4 Å². The standard InChI is InChI=1S/C11H15N3O2S2/c1-6-3-13(2)9-8(6)12-11(16)14(10(9)15)4-7(18)5-17/h3,7,17-18H,4-5H2,1-2H3,(H,12,16)/t7-/m1/s1. The first-order valence-electron chi connectivity index (χ1n) is 5.53. The zero-order valence-electron chi connectivity index (χ0n) is 10.2. The van der Waals surface area contributed by atoms with Crippen molar-refractivity contribution in [2.75, 3.05) is 5.75 Å². The smallest absolute Gasteiger partial charge is 0.328 e. The average molecular weight is 285 g/mol. The maximum atomic E-state index is 12.3. The number of aromatic nitrogens is 3. The molecule has 0 amide bonds. The molecule has 0 bridgehead atoms. The molecule has 0 aromatic carbocycles. The van der Waals surface area contributed by atoms with Gasteiger partial charge in [0.1, 0.15) is 5.52 Å². The van der Waals surface area contributed by atoms with Gasteiger partial charge >= 0.3 is 5.69 Å².